The molecule has 8 aliphatic rings. The van der Waals surface area contributed by atoms with Gasteiger partial charge in [0.25, 0.3) is 0 Å². The highest BCUT2D eigenvalue weighted by atomic mass is 16.5. The molecular formula is C57H55N5O. The molecule has 0 amide bonds. The lowest BCUT2D eigenvalue weighted by molar-refractivity contribution is 0.158. The van der Waals surface area contributed by atoms with Crippen molar-refractivity contribution in [2.24, 2.45) is 16.8 Å². The molecular weight excluding hydrogens is 771 g/mol. The molecule has 6 unspecified atom stereocenters. The first kappa shape index (κ1) is 38.3. The normalized spacial score (nSPS) is 27.4. The summed E-state index contributed by atoms with van der Waals surface area (Å²) in [6.45, 7) is 0. The van der Waals surface area contributed by atoms with Gasteiger partial charge in [0, 0.05) is 65.7 Å². The standard InChI is InChI=1S/C57H55N5O/c1-61-36-42(46-32-41(37-18-6-2-7-19-37)30-31-43(46)38-20-8-3-9-21-38)33-49(56-59-54(39-22-10-4-11-23-39)58-55(60-56)40-24-12-5-13-25-40)57(61)62-50-28-16-14-26-44(50)47-35-53-48(34-51(47)62)45-27-15-17-29-52(45)63-53/h2,4,6-8,10-12,14-16,18-24,26-28,30,32-34,36,40,43,53-54,56-57,59H,3,5,9,13,17,25,29,31,35H2,1H3,(H,58,60). The SMILES string of the molecule is CN1C=C(C2=CC(c3ccccc3)=CCC2C2=CCCC=C2)C=C(C2N=C(C3C=CCCC3)NC(c3ccccc3)N2)C1n1c2c(c3ccccc31)CC1OC3=C(C=CCC3)C1=C2. The van der Waals surface area contributed by atoms with E-state index in [1.807, 2.05) is 0 Å². The van der Waals surface area contributed by atoms with Crippen molar-refractivity contribution in [2.45, 2.75) is 82.4 Å². The van der Waals surface area contributed by atoms with Crippen molar-refractivity contribution in [3.8, 4) is 0 Å². The first-order valence-electron chi connectivity index (χ1n) is 23.4. The maximum atomic E-state index is 6.73. The fraction of sp³-hybridized carbons (Fsp3) is 0.281. The van der Waals surface area contributed by atoms with E-state index < -0.39 is 0 Å². The molecule has 0 saturated carbocycles. The average molecular weight is 826 g/mol. The van der Waals surface area contributed by atoms with E-state index >= 15 is 0 Å². The van der Waals surface area contributed by atoms with Crippen molar-refractivity contribution in [1.29, 1.82) is 0 Å². The number of para-hydroxylation sites is 1. The summed E-state index contributed by atoms with van der Waals surface area (Å²) in [6.07, 6.45) is 37.8. The summed E-state index contributed by atoms with van der Waals surface area (Å²) in [5.74, 6) is 2.72. The van der Waals surface area contributed by atoms with Crippen LogP contribution in [0, 0.1) is 11.8 Å². The van der Waals surface area contributed by atoms with Gasteiger partial charge in [0.1, 0.15) is 36.2 Å². The molecule has 2 N–H and O–H groups in total. The molecule has 0 bridgehead atoms. The van der Waals surface area contributed by atoms with Gasteiger partial charge in [-0.2, -0.15) is 0 Å². The molecule has 0 spiro atoms. The van der Waals surface area contributed by atoms with Crippen molar-refractivity contribution in [3.63, 3.8) is 0 Å². The van der Waals surface area contributed by atoms with Crippen LogP contribution in [0.25, 0.3) is 22.6 Å². The minimum atomic E-state index is -0.301. The molecule has 12 rings (SSSR count). The van der Waals surface area contributed by atoms with Crippen LogP contribution in [0.1, 0.15) is 86.1 Å². The van der Waals surface area contributed by atoms with Crippen LogP contribution in [0.5, 0.6) is 0 Å². The van der Waals surface area contributed by atoms with E-state index in [2.05, 4.69) is 185 Å². The van der Waals surface area contributed by atoms with E-state index in [4.69, 9.17) is 9.73 Å². The number of amidine groups is 1. The number of aromatic nitrogens is 1. The van der Waals surface area contributed by atoms with Crippen LogP contribution < -0.4 is 10.6 Å². The van der Waals surface area contributed by atoms with Gasteiger partial charge in [0.15, 0.2) is 0 Å². The zero-order chi connectivity index (χ0) is 41.9. The molecule has 4 aromatic rings. The zero-order valence-electron chi connectivity index (χ0n) is 36.1. The number of nitrogens with one attached hydrogen (secondary N) is 2. The summed E-state index contributed by atoms with van der Waals surface area (Å²) in [5.41, 5.74) is 15.5. The highest BCUT2D eigenvalue weighted by Crippen LogP contribution is 2.48. The Morgan fingerprint density at radius 1 is 0.778 bits per heavy atom. The van der Waals surface area contributed by atoms with E-state index in [0.29, 0.717) is 0 Å². The number of hydrogen-bond acceptors (Lipinski definition) is 5. The summed E-state index contributed by atoms with van der Waals surface area (Å²) in [5, 5.41) is 9.30. The third kappa shape index (κ3) is 6.87. The number of rotatable bonds is 7. The van der Waals surface area contributed by atoms with Gasteiger partial charge in [-0.1, -0.05) is 134 Å². The second-order valence-corrected chi connectivity index (χ2v) is 18.3. The number of hydrogen-bond donors (Lipinski definition) is 2. The van der Waals surface area contributed by atoms with Gasteiger partial charge >= 0.3 is 0 Å². The Morgan fingerprint density at radius 3 is 2.46 bits per heavy atom. The van der Waals surface area contributed by atoms with Crippen LogP contribution in [0.3, 0.4) is 0 Å². The van der Waals surface area contributed by atoms with Crippen molar-refractivity contribution >= 4 is 28.4 Å². The second kappa shape index (κ2) is 16.1. The first-order valence-corrected chi connectivity index (χ1v) is 23.4. The summed E-state index contributed by atoms with van der Waals surface area (Å²) in [4.78, 5) is 8.24. The van der Waals surface area contributed by atoms with Crippen molar-refractivity contribution in [3.05, 3.63) is 213 Å². The zero-order valence-corrected chi connectivity index (χ0v) is 36.1. The largest absolute Gasteiger partial charge is 0.489 e. The summed E-state index contributed by atoms with van der Waals surface area (Å²) in [6, 6.07) is 30.8. The van der Waals surface area contributed by atoms with E-state index in [-0.39, 0.29) is 36.4 Å². The topological polar surface area (TPSA) is 53.8 Å². The predicted molar refractivity (Wildman–Crippen MR) is 257 cm³/mol. The molecule has 3 aromatic carbocycles. The van der Waals surface area contributed by atoms with Crippen LogP contribution in [0.2, 0.25) is 0 Å². The van der Waals surface area contributed by atoms with Gasteiger partial charge < -0.3 is 19.5 Å². The Labute approximate surface area is 371 Å². The number of ether oxygens (including phenoxy) is 1. The van der Waals surface area contributed by atoms with Gasteiger partial charge in [0.05, 0.1) is 5.52 Å². The molecule has 1 aromatic heterocycles. The lowest BCUT2D eigenvalue weighted by atomic mass is 9.76. The maximum Gasteiger partial charge on any atom is 0.131 e. The molecule has 0 radical (unpaired) electrons. The smallest absolute Gasteiger partial charge is 0.131 e. The molecule has 63 heavy (non-hydrogen) atoms. The monoisotopic (exact) mass is 825 g/mol. The molecule has 0 fully saturated rings. The minimum absolute atomic E-state index is 0.0497. The number of likely N-dealkylation sites (N-methyl/N-ethyl adjacent to an activating group) is 1. The van der Waals surface area contributed by atoms with Gasteiger partial charge in [-0.25, -0.2) is 4.99 Å². The lowest BCUT2D eigenvalue weighted by Gasteiger charge is -2.42. The number of benzene rings is 3. The molecule has 6 atom stereocenters. The second-order valence-electron chi connectivity index (χ2n) is 18.3. The van der Waals surface area contributed by atoms with E-state index in [1.165, 1.54) is 78.7 Å². The molecule has 3 aliphatic heterocycles. The average Bonchev–Trinajstić information content (AvgIpc) is 3.88. The Morgan fingerprint density at radius 2 is 1.62 bits per heavy atom. The fourth-order valence-electron chi connectivity index (χ4n) is 11.4. The van der Waals surface area contributed by atoms with Crippen LogP contribution >= 0.6 is 0 Å². The van der Waals surface area contributed by atoms with Crippen molar-refractivity contribution in [2.75, 3.05) is 7.05 Å². The third-order valence-electron chi connectivity index (χ3n) is 14.5. The van der Waals surface area contributed by atoms with Gasteiger partial charge in [-0.15, -0.1) is 0 Å². The molecule has 314 valence electrons. The molecule has 6 nitrogen and oxygen atoms in total. The predicted octanol–water partition coefficient (Wildman–Crippen LogP) is 12.1. The quantitative estimate of drug-likeness (QED) is 0.182. The van der Waals surface area contributed by atoms with Crippen LogP contribution in [0.15, 0.2) is 196 Å². The van der Waals surface area contributed by atoms with Crippen LogP contribution in [-0.4, -0.2) is 34.6 Å². The molecule has 4 heterocycles. The number of fused-ring (bicyclic) bond motifs is 5. The van der Waals surface area contributed by atoms with Crippen LogP contribution in [0.4, 0.5) is 0 Å². The maximum absolute atomic E-state index is 6.73. The van der Waals surface area contributed by atoms with Gasteiger partial charge in [0.2, 0.25) is 0 Å². The Hall–Kier alpha value is -6.37. The Bertz CT molecular complexity index is 2840. The minimum Gasteiger partial charge on any atom is -0.489 e. The molecule has 5 aliphatic carbocycles. The molecule has 6 heteroatoms. The van der Waals surface area contributed by atoms with Gasteiger partial charge in [-0.3, -0.25) is 5.32 Å². The summed E-state index contributed by atoms with van der Waals surface area (Å²) in [7, 11) is 2.29. The van der Waals surface area contributed by atoms with Crippen LogP contribution in [-0.2, 0) is 11.2 Å². The summed E-state index contributed by atoms with van der Waals surface area (Å²) >= 11 is 0. The fourth-order valence-corrected chi connectivity index (χ4v) is 11.4. The highest BCUT2D eigenvalue weighted by molar-refractivity contribution is 5.91. The Kier molecular flexibility index (Phi) is 9.78. The van der Waals surface area contributed by atoms with Crippen molar-refractivity contribution in [1.82, 2.24) is 20.1 Å². The van der Waals surface area contributed by atoms with Crippen molar-refractivity contribution < 1.29 is 4.74 Å². The number of allylic oxidation sites excluding steroid dienone is 14. The first-order chi connectivity index (χ1) is 31.1. The summed E-state index contributed by atoms with van der Waals surface area (Å²) < 4.78 is 9.36. The number of nitrogens with zero attached hydrogens (tertiary/aromatic N) is 3. The van der Waals surface area contributed by atoms with E-state index in [9.17, 15) is 0 Å². The Balaban J connectivity index is 1.06. The highest BCUT2D eigenvalue weighted by Gasteiger charge is 2.41. The van der Waals surface area contributed by atoms with E-state index in [0.717, 1.165) is 63.0 Å². The number of aliphatic imine (C=N–C) groups is 1. The van der Waals surface area contributed by atoms with Gasteiger partial charge in [-0.05, 0) is 102 Å². The third-order valence-corrected chi connectivity index (χ3v) is 14.5. The van der Waals surface area contributed by atoms with E-state index in [1.54, 1.807) is 0 Å². The lowest BCUT2D eigenvalue weighted by Crippen LogP contribution is -2.52. The molecule has 0 saturated heterocycles.